The molecule has 0 fully saturated rings. The van der Waals surface area contributed by atoms with E-state index in [1.165, 1.54) is 6.20 Å². The van der Waals surface area contributed by atoms with Crippen molar-refractivity contribution in [1.29, 1.82) is 0 Å². The van der Waals surface area contributed by atoms with Crippen molar-refractivity contribution in [3.8, 4) is 0 Å². The van der Waals surface area contributed by atoms with E-state index in [9.17, 15) is 4.79 Å². The Morgan fingerprint density at radius 1 is 1.50 bits per heavy atom. The fourth-order valence-corrected chi connectivity index (χ4v) is 0.951. The van der Waals surface area contributed by atoms with Gasteiger partial charge in [0.1, 0.15) is 5.52 Å². The maximum Gasteiger partial charge on any atom is 0.346 e. The third-order valence-electron chi connectivity index (χ3n) is 1.50. The van der Waals surface area contributed by atoms with E-state index in [4.69, 9.17) is 0 Å². The average molecular weight is 165 g/mol. The molecule has 3 N–H and O–H groups in total. The second-order valence-electron chi connectivity index (χ2n) is 2.29. The summed E-state index contributed by atoms with van der Waals surface area (Å²) in [6.07, 6.45) is 1.45. The minimum Gasteiger partial charge on any atom is -0.359 e. The van der Waals surface area contributed by atoms with Crippen LogP contribution in [0.5, 0.6) is 0 Å². The molecular weight excluding hydrogens is 158 g/mol. The summed E-state index contributed by atoms with van der Waals surface area (Å²) in [5.41, 5.74) is 0.829. The Morgan fingerprint density at radius 2 is 2.33 bits per heavy atom. The molecule has 0 amide bonds. The second-order valence-corrected chi connectivity index (χ2v) is 2.29. The van der Waals surface area contributed by atoms with Gasteiger partial charge in [0.15, 0.2) is 5.65 Å². The predicted octanol–water partition coefficient (Wildman–Crippen LogP) is -0.312. The van der Waals surface area contributed by atoms with Gasteiger partial charge in [-0.2, -0.15) is 9.97 Å². The highest BCUT2D eigenvalue weighted by Gasteiger charge is 2.00. The molecule has 0 aliphatic carbocycles. The maximum absolute atomic E-state index is 10.7. The molecule has 0 unspecified atom stereocenters. The smallest absolute Gasteiger partial charge is 0.346 e. The largest absolute Gasteiger partial charge is 0.359 e. The standard InChI is InChI=1S/C6H7N5O/c1-7-5-9-3-2-8-6(12)11-4(3)10-5/h2H,1H3,(H3,7,8,9,10,11,12). The van der Waals surface area contributed by atoms with Crippen molar-refractivity contribution in [2.75, 3.05) is 12.4 Å². The summed E-state index contributed by atoms with van der Waals surface area (Å²) in [6, 6.07) is 0. The van der Waals surface area contributed by atoms with Crippen LogP contribution in [0.25, 0.3) is 11.2 Å². The number of fused-ring (bicyclic) bond motifs is 1. The molecule has 0 saturated heterocycles. The summed E-state index contributed by atoms with van der Waals surface area (Å²) in [4.78, 5) is 23.7. The van der Waals surface area contributed by atoms with Crippen LogP contribution in [-0.4, -0.2) is 27.0 Å². The molecule has 2 aromatic rings. The Labute approximate surface area is 67.1 Å². The van der Waals surface area contributed by atoms with E-state index >= 15 is 0 Å². The molecule has 12 heavy (non-hydrogen) atoms. The minimum atomic E-state index is -0.392. The molecule has 0 bridgehead atoms. The number of imidazole rings is 1. The summed E-state index contributed by atoms with van der Waals surface area (Å²) < 4.78 is 0. The molecule has 0 aliphatic rings. The van der Waals surface area contributed by atoms with Crippen LogP contribution < -0.4 is 11.0 Å². The summed E-state index contributed by atoms with van der Waals surface area (Å²) >= 11 is 0. The van der Waals surface area contributed by atoms with E-state index < -0.39 is 5.69 Å². The highest BCUT2D eigenvalue weighted by Crippen LogP contribution is 2.06. The first kappa shape index (κ1) is 6.84. The topological polar surface area (TPSA) is 86.5 Å². The lowest BCUT2D eigenvalue weighted by Crippen LogP contribution is -2.08. The zero-order valence-corrected chi connectivity index (χ0v) is 6.38. The zero-order chi connectivity index (χ0) is 8.55. The number of hydrogen-bond donors (Lipinski definition) is 3. The number of nitrogens with one attached hydrogen (secondary N) is 3. The lowest BCUT2D eigenvalue weighted by atomic mass is 10.6. The first-order valence-corrected chi connectivity index (χ1v) is 3.42. The van der Waals surface area contributed by atoms with Gasteiger partial charge < -0.3 is 10.3 Å². The normalized spacial score (nSPS) is 10.4. The van der Waals surface area contributed by atoms with E-state index in [1.54, 1.807) is 7.05 Å². The number of aromatic amines is 2. The van der Waals surface area contributed by atoms with Crippen molar-refractivity contribution in [2.45, 2.75) is 0 Å². The first-order valence-electron chi connectivity index (χ1n) is 3.42. The van der Waals surface area contributed by atoms with Gasteiger partial charge in [-0.25, -0.2) is 4.79 Å². The summed E-state index contributed by atoms with van der Waals surface area (Å²) in [7, 11) is 1.74. The van der Waals surface area contributed by atoms with Crippen molar-refractivity contribution < 1.29 is 0 Å². The Balaban J connectivity index is 2.75. The van der Waals surface area contributed by atoms with E-state index in [0.717, 1.165) is 0 Å². The van der Waals surface area contributed by atoms with Gasteiger partial charge in [-0.3, -0.25) is 4.98 Å². The molecule has 2 heterocycles. The van der Waals surface area contributed by atoms with E-state index in [1.807, 2.05) is 0 Å². The first-order chi connectivity index (χ1) is 5.79. The van der Waals surface area contributed by atoms with E-state index in [2.05, 4.69) is 25.3 Å². The van der Waals surface area contributed by atoms with Crippen molar-refractivity contribution >= 4 is 17.1 Å². The van der Waals surface area contributed by atoms with Crippen molar-refractivity contribution in [3.05, 3.63) is 16.7 Å². The molecule has 0 spiro atoms. The number of hydrogen-bond acceptors (Lipinski definition) is 4. The summed E-state index contributed by atoms with van der Waals surface area (Å²) in [6.45, 7) is 0. The molecule has 6 heteroatoms. The van der Waals surface area contributed by atoms with Crippen LogP contribution in [0.2, 0.25) is 0 Å². The SMILES string of the molecule is CNc1nc2[nH]c(=O)ncc2[nH]1. The molecule has 62 valence electrons. The molecule has 6 nitrogen and oxygen atoms in total. The fraction of sp³-hybridized carbons (Fsp3) is 0.167. The van der Waals surface area contributed by atoms with Gasteiger partial charge >= 0.3 is 5.69 Å². The van der Waals surface area contributed by atoms with Crippen LogP contribution in [0.4, 0.5) is 5.95 Å². The van der Waals surface area contributed by atoms with Crippen molar-refractivity contribution in [1.82, 2.24) is 19.9 Å². The monoisotopic (exact) mass is 165 g/mol. The summed E-state index contributed by atoms with van der Waals surface area (Å²) in [5.74, 6) is 0.605. The molecule has 0 radical (unpaired) electrons. The van der Waals surface area contributed by atoms with Gasteiger partial charge in [-0.05, 0) is 0 Å². The predicted molar refractivity (Wildman–Crippen MR) is 44.1 cm³/mol. The Hall–Kier alpha value is -1.85. The Bertz CT molecular complexity index is 456. The zero-order valence-electron chi connectivity index (χ0n) is 6.38. The Morgan fingerprint density at radius 3 is 3.08 bits per heavy atom. The van der Waals surface area contributed by atoms with Gasteiger partial charge in [0.25, 0.3) is 0 Å². The van der Waals surface area contributed by atoms with Gasteiger partial charge in [-0.15, -0.1) is 0 Å². The van der Waals surface area contributed by atoms with Gasteiger partial charge in [0, 0.05) is 7.05 Å². The second kappa shape index (κ2) is 2.33. The third-order valence-corrected chi connectivity index (χ3v) is 1.50. The quantitative estimate of drug-likeness (QED) is 0.541. The van der Waals surface area contributed by atoms with Gasteiger partial charge in [0.05, 0.1) is 6.20 Å². The van der Waals surface area contributed by atoms with E-state index in [-0.39, 0.29) is 0 Å². The van der Waals surface area contributed by atoms with E-state index in [0.29, 0.717) is 17.1 Å². The van der Waals surface area contributed by atoms with Crippen LogP contribution >= 0.6 is 0 Å². The highest BCUT2D eigenvalue weighted by atomic mass is 16.1. The van der Waals surface area contributed by atoms with Crippen LogP contribution in [0.15, 0.2) is 11.0 Å². The van der Waals surface area contributed by atoms with Crippen molar-refractivity contribution in [2.24, 2.45) is 0 Å². The average Bonchev–Trinajstić information content (AvgIpc) is 2.46. The number of H-pyrrole nitrogens is 2. The molecule has 0 aliphatic heterocycles. The van der Waals surface area contributed by atoms with Crippen molar-refractivity contribution in [3.63, 3.8) is 0 Å². The lowest BCUT2D eigenvalue weighted by Gasteiger charge is -1.86. The third kappa shape index (κ3) is 0.931. The maximum atomic E-state index is 10.7. The molecule has 0 aromatic carbocycles. The fourth-order valence-electron chi connectivity index (χ4n) is 0.951. The summed E-state index contributed by atoms with van der Waals surface area (Å²) in [5, 5.41) is 2.82. The molecule has 2 rings (SSSR count). The molecular formula is C6H7N5O. The molecule has 2 aromatic heterocycles. The lowest BCUT2D eigenvalue weighted by molar-refractivity contribution is 1.10. The highest BCUT2D eigenvalue weighted by molar-refractivity contribution is 5.71. The minimum absolute atomic E-state index is 0.392. The van der Waals surface area contributed by atoms with Crippen LogP contribution in [-0.2, 0) is 0 Å². The number of aromatic nitrogens is 4. The Kier molecular flexibility index (Phi) is 1.33. The molecule has 0 saturated carbocycles. The number of rotatable bonds is 1. The number of anilines is 1. The van der Waals surface area contributed by atoms with Gasteiger partial charge in [-0.1, -0.05) is 0 Å². The molecule has 0 atom stereocenters. The number of nitrogens with zero attached hydrogens (tertiary/aromatic N) is 2. The van der Waals surface area contributed by atoms with Gasteiger partial charge in [0.2, 0.25) is 5.95 Å². The van der Waals surface area contributed by atoms with Crippen LogP contribution in [0.1, 0.15) is 0 Å². The van der Waals surface area contributed by atoms with Crippen LogP contribution in [0.3, 0.4) is 0 Å². The van der Waals surface area contributed by atoms with Crippen LogP contribution in [0, 0.1) is 0 Å².